The zero-order valence-electron chi connectivity index (χ0n) is 16.0. The molecular formula is C21H20N6OS. The first-order chi connectivity index (χ1) is 14.2. The van der Waals surface area contributed by atoms with Crippen molar-refractivity contribution >= 4 is 44.4 Å². The lowest BCUT2D eigenvalue weighted by atomic mass is 10.2. The second-order valence-electron chi connectivity index (χ2n) is 7.09. The van der Waals surface area contributed by atoms with Crippen LogP contribution in [0.2, 0.25) is 0 Å². The Kier molecular flexibility index (Phi) is 4.48. The number of rotatable bonds is 4. The predicted molar refractivity (Wildman–Crippen MR) is 118 cm³/mol. The van der Waals surface area contributed by atoms with Crippen molar-refractivity contribution in [3.63, 3.8) is 0 Å². The molecule has 7 nitrogen and oxygen atoms in total. The second kappa shape index (κ2) is 7.29. The number of hydrogen-bond acceptors (Lipinski definition) is 7. The highest BCUT2D eigenvalue weighted by Crippen LogP contribution is 2.25. The van der Waals surface area contributed by atoms with Gasteiger partial charge in [0.25, 0.3) is 5.56 Å². The third-order valence-electron chi connectivity index (χ3n) is 5.12. The highest BCUT2D eigenvalue weighted by atomic mass is 32.1. The van der Waals surface area contributed by atoms with E-state index < -0.39 is 0 Å². The first-order valence-corrected chi connectivity index (χ1v) is 10.4. The molecule has 0 radical (unpaired) electrons. The molecule has 0 atom stereocenters. The number of thiazole rings is 1. The van der Waals surface area contributed by atoms with Gasteiger partial charge in [0.15, 0.2) is 0 Å². The summed E-state index contributed by atoms with van der Waals surface area (Å²) in [5.41, 5.74) is 5.93. The molecule has 0 bridgehead atoms. The number of hydrazone groups is 1. The van der Waals surface area contributed by atoms with Crippen molar-refractivity contribution in [3.05, 3.63) is 64.1 Å². The zero-order valence-corrected chi connectivity index (χ0v) is 16.8. The molecule has 8 heteroatoms. The molecule has 1 aromatic carbocycles. The van der Waals surface area contributed by atoms with Crippen molar-refractivity contribution in [3.8, 4) is 0 Å². The van der Waals surface area contributed by atoms with E-state index in [0.29, 0.717) is 22.2 Å². The smallest absolute Gasteiger partial charge is 0.268 e. The summed E-state index contributed by atoms with van der Waals surface area (Å²) in [4.78, 5) is 24.7. The van der Waals surface area contributed by atoms with E-state index in [-0.39, 0.29) is 5.56 Å². The molecule has 0 aliphatic carbocycles. The molecule has 1 aliphatic rings. The van der Waals surface area contributed by atoms with E-state index >= 15 is 0 Å². The van der Waals surface area contributed by atoms with Gasteiger partial charge in [0.1, 0.15) is 17.0 Å². The van der Waals surface area contributed by atoms with Crippen LogP contribution in [-0.4, -0.2) is 33.7 Å². The number of benzene rings is 1. The van der Waals surface area contributed by atoms with Crippen molar-refractivity contribution in [1.82, 2.24) is 14.4 Å². The fraction of sp³-hybridized carbons (Fsp3) is 0.238. The quantitative estimate of drug-likeness (QED) is 0.415. The molecule has 1 N–H and O–H groups in total. The van der Waals surface area contributed by atoms with Gasteiger partial charge in [-0.3, -0.25) is 14.6 Å². The van der Waals surface area contributed by atoms with Crippen LogP contribution in [0.1, 0.15) is 24.0 Å². The van der Waals surface area contributed by atoms with Crippen molar-refractivity contribution in [2.75, 3.05) is 23.4 Å². The van der Waals surface area contributed by atoms with Gasteiger partial charge in [0, 0.05) is 19.3 Å². The van der Waals surface area contributed by atoms with Gasteiger partial charge < -0.3 is 4.90 Å². The van der Waals surface area contributed by atoms with E-state index in [9.17, 15) is 4.79 Å². The summed E-state index contributed by atoms with van der Waals surface area (Å²) < 4.78 is 2.68. The molecule has 1 fully saturated rings. The fourth-order valence-corrected chi connectivity index (χ4v) is 4.47. The molecule has 0 saturated carbocycles. The van der Waals surface area contributed by atoms with Gasteiger partial charge in [0.2, 0.25) is 5.13 Å². The van der Waals surface area contributed by atoms with E-state index in [1.54, 1.807) is 16.8 Å². The first-order valence-electron chi connectivity index (χ1n) is 9.62. The summed E-state index contributed by atoms with van der Waals surface area (Å²) in [7, 11) is 0. The Hall–Kier alpha value is -3.26. The minimum atomic E-state index is -0.115. The van der Waals surface area contributed by atoms with Gasteiger partial charge in [-0.2, -0.15) is 5.10 Å². The molecule has 0 spiro atoms. The van der Waals surface area contributed by atoms with E-state index in [1.807, 2.05) is 43.3 Å². The van der Waals surface area contributed by atoms with Crippen molar-refractivity contribution < 1.29 is 0 Å². The van der Waals surface area contributed by atoms with E-state index in [4.69, 9.17) is 4.98 Å². The second-order valence-corrected chi connectivity index (χ2v) is 8.12. The van der Waals surface area contributed by atoms with Gasteiger partial charge in [-0.25, -0.2) is 9.97 Å². The van der Waals surface area contributed by atoms with Crippen LogP contribution in [0.3, 0.4) is 0 Å². The Morgan fingerprint density at radius 1 is 1.14 bits per heavy atom. The van der Waals surface area contributed by atoms with Crippen LogP contribution in [0.5, 0.6) is 0 Å². The van der Waals surface area contributed by atoms with Crippen LogP contribution >= 0.6 is 11.3 Å². The maximum atomic E-state index is 13.2. The van der Waals surface area contributed by atoms with Crippen molar-refractivity contribution in [2.24, 2.45) is 5.10 Å². The molecule has 1 saturated heterocycles. The largest absolute Gasteiger partial charge is 0.356 e. The first kappa shape index (κ1) is 17.8. The van der Waals surface area contributed by atoms with Crippen LogP contribution < -0.4 is 15.9 Å². The molecular weight excluding hydrogens is 384 g/mol. The Bertz CT molecular complexity index is 1250. The van der Waals surface area contributed by atoms with Gasteiger partial charge in [-0.1, -0.05) is 29.5 Å². The summed E-state index contributed by atoms with van der Waals surface area (Å²) in [5, 5.41) is 5.01. The number of anilines is 2. The van der Waals surface area contributed by atoms with Gasteiger partial charge in [-0.05, 0) is 43.5 Å². The predicted octanol–water partition coefficient (Wildman–Crippen LogP) is 3.66. The van der Waals surface area contributed by atoms with E-state index in [0.717, 1.165) is 41.7 Å². The van der Waals surface area contributed by atoms with E-state index in [1.165, 1.54) is 11.3 Å². The summed E-state index contributed by atoms with van der Waals surface area (Å²) in [5.74, 6) is 0.705. The van der Waals surface area contributed by atoms with Crippen molar-refractivity contribution in [2.45, 2.75) is 19.8 Å². The average Bonchev–Trinajstić information content (AvgIpc) is 3.39. The minimum absolute atomic E-state index is 0.115. The molecule has 4 aromatic rings. The average molecular weight is 404 g/mol. The summed E-state index contributed by atoms with van der Waals surface area (Å²) in [6.07, 6.45) is 5.54. The lowest BCUT2D eigenvalue weighted by Gasteiger charge is -2.19. The highest BCUT2D eigenvalue weighted by molar-refractivity contribution is 7.22. The molecule has 0 unspecified atom stereocenters. The highest BCUT2D eigenvalue weighted by Gasteiger charge is 2.21. The molecule has 1 aliphatic heterocycles. The standard InChI is InChI=1S/C21H20N6OS/c1-14-7-6-12-27-18(14)24-19(26-10-4-5-11-26)15(20(27)28)13-22-25-21-23-16-8-2-3-9-17(16)29-21/h2-3,6-9,12-13H,4-5,10-11H2,1H3,(H,23,25)/b22-13+. The maximum absolute atomic E-state index is 13.2. The Balaban J connectivity index is 1.55. The van der Waals surface area contributed by atoms with E-state index in [2.05, 4.69) is 20.4 Å². The molecule has 4 heterocycles. The Morgan fingerprint density at radius 2 is 1.97 bits per heavy atom. The number of hydrogen-bond donors (Lipinski definition) is 1. The number of nitrogens with zero attached hydrogens (tertiary/aromatic N) is 5. The Labute approximate surface area is 171 Å². The van der Waals surface area contributed by atoms with Crippen LogP contribution in [0.4, 0.5) is 10.9 Å². The molecule has 5 rings (SSSR count). The molecule has 3 aromatic heterocycles. The summed E-state index contributed by atoms with van der Waals surface area (Å²) in [6, 6.07) is 11.8. The van der Waals surface area contributed by atoms with Crippen molar-refractivity contribution in [1.29, 1.82) is 0 Å². The van der Waals surface area contributed by atoms with Crippen LogP contribution in [0.15, 0.2) is 52.5 Å². The number of nitrogens with one attached hydrogen (secondary N) is 1. The molecule has 0 amide bonds. The van der Waals surface area contributed by atoms with Gasteiger partial charge >= 0.3 is 0 Å². The number of para-hydroxylation sites is 1. The van der Waals surface area contributed by atoms with Crippen LogP contribution in [0.25, 0.3) is 15.9 Å². The van der Waals surface area contributed by atoms with Gasteiger partial charge in [0.05, 0.1) is 16.4 Å². The fourth-order valence-electron chi connectivity index (χ4n) is 3.66. The molecule has 146 valence electrons. The number of pyridine rings is 1. The SMILES string of the molecule is Cc1cccn2c(=O)c(/C=N/Nc3nc4ccccc4s3)c(N3CCCC3)nc12. The number of fused-ring (bicyclic) bond motifs is 2. The lowest BCUT2D eigenvalue weighted by Crippen LogP contribution is -2.28. The Morgan fingerprint density at radius 3 is 2.79 bits per heavy atom. The number of aromatic nitrogens is 3. The lowest BCUT2D eigenvalue weighted by molar-refractivity contribution is 0.914. The normalized spacial score (nSPS) is 14.4. The van der Waals surface area contributed by atoms with Crippen LogP contribution in [-0.2, 0) is 0 Å². The third kappa shape index (κ3) is 3.25. The summed E-state index contributed by atoms with van der Waals surface area (Å²) in [6.45, 7) is 3.78. The minimum Gasteiger partial charge on any atom is -0.356 e. The monoisotopic (exact) mass is 404 g/mol. The number of aryl methyl sites for hydroxylation is 1. The summed E-state index contributed by atoms with van der Waals surface area (Å²) >= 11 is 1.53. The zero-order chi connectivity index (χ0) is 19.8. The third-order valence-corrected chi connectivity index (χ3v) is 6.06. The molecule has 29 heavy (non-hydrogen) atoms. The van der Waals surface area contributed by atoms with Crippen LogP contribution in [0, 0.1) is 6.92 Å². The topological polar surface area (TPSA) is 74.9 Å². The van der Waals surface area contributed by atoms with Gasteiger partial charge in [-0.15, -0.1) is 0 Å². The maximum Gasteiger partial charge on any atom is 0.268 e.